The van der Waals surface area contributed by atoms with Gasteiger partial charge < -0.3 is 5.32 Å². The Morgan fingerprint density at radius 3 is 3.07 bits per heavy atom. The van der Waals surface area contributed by atoms with Crippen molar-refractivity contribution >= 4 is 5.82 Å². The Kier molecular flexibility index (Phi) is 2.44. The van der Waals surface area contributed by atoms with E-state index in [0.717, 1.165) is 23.8 Å². The van der Waals surface area contributed by atoms with Crippen molar-refractivity contribution in [2.45, 2.75) is 6.92 Å². The standard InChI is InChI=1S/C10H12N4/c1-2-11-10-7-9(13-14-10)8-5-3-4-6-12-8/h3-7H,2H2,1H3,(H2,11,13,14). The van der Waals surface area contributed by atoms with Crippen LogP contribution < -0.4 is 5.32 Å². The molecule has 0 aliphatic carbocycles. The third-order valence-corrected chi connectivity index (χ3v) is 1.88. The van der Waals surface area contributed by atoms with Crippen LogP contribution in [0.5, 0.6) is 0 Å². The topological polar surface area (TPSA) is 53.6 Å². The molecule has 2 rings (SSSR count). The fraction of sp³-hybridized carbons (Fsp3) is 0.200. The number of aromatic nitrogens is 3. The highest BCUT2D eigenvalue weighted by Crippen LogP contribution is 2.16. The van der Waals surface area contributed by atoms with Gasteiger partial charge >= 0.3 is 0 Å². The molecule has 2 aromatic heterocycles. The van der Waals surface area contributed by atoms with Crippen LogP contribution in [0.15, 0.2) is 30.5 Å². The molecule has 0 radical (unpaired) electrons. The minimum absolute atomic E-state index is 0.855. The predicted octanol–water partition coefficient (Wildman–Crippen LogP) is 1.90. The Morgan fingerprint density at radius 1 is 1.43 bits per heavy atom. The molecule has 4 heteroatoms. The van der Waals surface area contributed by atoms with Crippen LogP contribution in [-0.2, 0) is 0 Å². The molecule has 0 aromatic carbocycles. The van der Waals surface area contributed by atoms with Gasteiger partial charge in [0.05, 0.1) is 11.4 Å². The Morgan fingerprint density at radius 2 is 2.36 bits per heavy atom. The summed E-state index contributed by atoms with van der Waals surface area (Å²) in [6, 6.07) is 7.75. The van der Waals surface area contributed by atoms with Crippen LogP contribution in [0.4, 0.5) is 5.82 Å². The van der Waals surface area contributed by atoms with Crippen molar-refractivity contribution in [1.82, 2.24) is 15.2 Å². The van der Waals surface area contributed by atoms with E-state index >= 15 is 0 Å². The molecule has 14 heavy (non-hydrogen) atoms. The maximum Gasteiger partial charge on any atom is 0.148 e. The lowest BCUT2D eigenvalue weighted by atomic mass is 10.3. The number of hydrogen-bond donors (Lipinski definition) is 2. The molecule has 0 aliphatic rings. The molecule has 2 heterocycles. The smallest absolute Gasteiger partial charge is 0.148 e. The monoisotopic (exact) mass is 188 g/mol. The lowest BCUT2D eigenvalue weighted by Crippen LogP contribution is -1.95. The van der Waals surface area contributed by atoms with Crippen molar-refractivity contribution in [2.75, 3.05) is 11.9 Å². The first kappa shape index (κ1) is 8.74. The Bertz CT molecular complexity index is 394. The van der Waals surface area contributed by atoms with Gasteiger partial charge in [-0.15, -0.1) is 0 Å². The average Bonchev–Trinajstić information content (AvgIpc) is 2.68. The first-order valence-electron chi connectivity index (χ1n) is 4.61. The summed E-state index contributed by atoms with van der Waals surface area (Å²) in [6.45, 7) is 2.90. The molecular weight excluding hydrogens is 176 g/mol. The number of rotatable bonds is 3. The van der Waals surface area contributed by atoms with Crippen LogP contribution in [0.1, 0.15) is 6.92 Å². The fourth-order valence-electron chi connectivity index (χ4n) is 1.25. The maximum absolute atomic E-state index is 4.22. The van der Waals surface area contributed by atoms with Crippen LogP contribution in [0.25, 0.3) is 11.4 Å². The summed E-state index contributed by atoms with van der Waals surface area (Å²) >= 11 is 0. The van der Waals surface area contributed by atoms with Gasteiger partial charge in [0.2, 0.25) is 0 Å². The highest BCUT2D eigenvalue weighted by molar-refractivity contribution is 5.58. The zero-order valence-corrected chi connectivity index (χ0v) is 7.99. The molecule has 0 spiro atoms. The number of pyridine rings is 1. The normalized spacial score (nSPS) is 10.1. The van der Waals surface area contributed by atoms with Crippen molar-refractivity contribution in [1.29, 1.82) is 0 Å². The third-order valence-electron chi connectivity index (χ3n) is 1.88. The van der Waals surface area contributed by atoms with Gasteiger partial charge in [-0.3, -0.25) is 10.1 Å². The van der Waals surface area contributed by atoms with E-state index in [9.17, 15) is 0 Å². The highest BCUT2D eigenvalue weighted by Gasteiger charge is 2.02. The third kappa shape index (κ3) is 1.74. The molecule has 72 valence electrons. The van der Waals surface area contributed by atoms with E-state index < -0.39 is 0 Å². The molecule has 0 saturated heterocycles. The van der Waals surface area contributed by atoms with E-state index in [-0.39, 0.29) is 0 Å². The van der Waals surface area contributed by atoms with E-state index in [4.69, 9.17) is 0 Å². The van der Waals surface area contributed by atoms with E-state index in [1.807, 2.05) is 31.2 Å². The Balaban J connectivity index is 2.25. The van der Waals surface area contributed by atoms with Crippen molar-refractivity contribution in [3.05, 3.63) is 30.5 Å². The summed E-state index contributed by atoms with van der Waals surface area (Å²) in [7, 11) is 0. The molecule has 0 fully saturated rings. The van der Waals surface area contributed by atoms with Crippen LogP contribution in [0.3, 0.4) is 0 Å². The molecule has 2 N–H and O–H groups in total. The first-order chi connectivity index (χ1) is 6.90. The fourth-order valence-corrected chi connectivity index (χ4v) is 1.25. The number of nitrogens with zero attached hydrogens (tertiary/aromatic N) is 2. The van der Waals surface area contributed by atoms with Gasteiger partial charge in [0.25, 0.3) is 0 Å². The highest BCUT2D eigenvalue weighted by atomic mass is 15.2. The second kappa shape index (κ2) is 3.91. The van der Waals surface area contributed by atoms with E-state index in [1.165, 1.54) is 0 Å². The summed E-state index contributed by atoms with van der Waals surface area (Å²) in [5.41, 5.74) is 1.84. The lowest BCUT2D eigenvalue weighted by Gasteiger charge is -1.94. The molecule has 0 aliphatic heterocycles. The van der Waals surface area contributed by atoms with E-state index in [2.05, 4.69) is 20.5 Å². The Labute approximate surface area is 82.4 Å². The molecule has 0 unspecified atom stereocenters. The molecular formula is C10H12N4. The van der Waals surface area contributed by atoms with Crippen LogP contribution in [0, 0.1) is 0 Å². The quantitative estimate of drug-likeness (QED) is 0.773. The van der Waals surface area contributed by atoms with Crippen molar-refractivity contribution in [3.63, 3.8) is 0 Å². The minimum atomic E-state index is 0.855. The van der Waals surface area contributed by atoms with Gasteiger partial charge in [0.15, 0.2) is 0 Å². The molecule has 0 bridgehead atoms. The second-order valence-electron chi connectivity index (χ2n) is 2.91. The summed E-state index contributed by atoms with van der Waals surface area (Å²) in [5, 5.41) is 10.2. The van der Waals surface area contributed by atoms with E-state index in [1.54, 1.807) is 6.20 Å². The van der Waals surface area contributed by atoms with Crippen molar-refractivity contribution < 1.29 is 0 Å². The van der Waals surface area contributed by atoms with Crippen LogP contribution in [-0.4, -0.2) is 21.7 Å². The number of hydrogen-bond acceptors (Lipinski definition) is 3. The zero-order valence-electron chi connectivity index (χ0n) is 7.99. The van der Waals surface area contributed by atoms with Gasteiger partial charge in [-0.05, 0) is 19.1 Å². The molecule has 0 saturated carbocycles. The Hall–Kier alpha value is -1.84. The molecule has 0 amide bonds. The predicted molar refractivity (Wildman–Crippen MR) is 56.0 cm³/mol. The summed E-state index contributed by atoms with van der Waals surface area (Å²) in [5.74, 6) is 0.855. The zero-order chi connectivity index (χ0) is 9.80. The van der Waals surface area contributed by atoms with E-state index in [0.29, 0.717) is 0 Å². The summed E-state index contributed by atoms with van der Waals surface area (Å²) < 4.78 is 0. The van der Waals surface area contributed by atoms with Gasteiger partial charge in [-0.2, -0.15) is 5.10 Å². The van der Waals surface area contributed by atoms with Gasteiger partial charge in [0.1, 0.15) is 5.82 Å². The number of aromatic amines is 1. The minimum Gasteiger partial charge on any atom is -0.369 e. The molecule has 0 atom stereocenters. The van der Waals surface area contributed by atoms with Gasteiger partial charge in [-0.1, -0.05) is 6.07 Å². The van der Waals surface area contributed by atoms with Crippen LogP contribution in [0.2, 0.25) is 0 Å². The molecule has 4 nitrogen and oxygen atoms in total. The van der Waals surface area contributed by atoms with Gasteiger partial charge in [0, 0.05) is 18.8 Å². The average molecular weight is 188 g/mol. The van der Waals surface area contributed by atoms with Crippen LogP contribution >= 0.6 is 0 Å². The molecule has 2 aromatic rings. The summed E-state index contributed by atoms with van der Waals surface area (Å²) in [6.07, 6.45) is 1.77. The summed E-state index contributed by atoms with van der Waals surface area (Å²) in [4.78, 5) is 4.22. The number of nitrogens with one attached hydrogen (secondary N) is 2. The number of anilines is 1. The largest absolute Gasteiger partial charge is 0.369 e. The van der Waals surface area contributed by atoms with Gasteiger partial charge in [-0.25, -0.2) is 0 Å². The SMILES string of the molecule is CCNc1cc(-c2ccccn2)[nH]n1. The maximum atomic E-state index is 4.22. The first-order valence-corrected chi connectivity index (χ1v) is 4.61. The van der Waals surface area contributed by atoms with Crippen molar-refractivity contribution in [3.8, 4) is 11.4 Å². The number of H-pyrrole nitrogens is 1. The lowest BCUT2D eigenvalue weighted by molar-refractivity contribution is 1.06. The van der Waals surface area contributed by atoms with Crippen molar-refractivity contribution in [2.24, 2.45) is 0 Å². The second-order valence-corrected chi connectivity index (χ2v) is 2.91.